The first-order valence-corrected chi connectivity index (χ1v) is 7.51. The number of likely N-dealkylation sites (N-methyl/N-ethyl adjacent to an activating group) is 1. The molecule has 1 aromatic carbocycles. The van der Waals surface area contributed by atoms with Gasteiger partial charge < -0.3 is 14.5 Å². The van der Waals surface area contributed by atoms with Crippen molar-refractivity contribution in [2.24, 2.45) is 0 Å². The van der Waals surface area contributed by atoms with Crippen molar-refractivity contribution in [1.82, 2.24) is 9.88 Å². The van der Waals surface area contributed by atoms with Crippen LogP contribution in [-0.2, 0) is 0 Å². The molecule has 1 aliphatic rings. The maximum Gasteiger partial charge on any atom is 0.142 e. The van der Waals surface area contributed by atoms with Crippen LogP contribution in [0.1, 0.15) is 5.56 Å². The van der Waals surface area contributed by atoms with Gasteiger partial charge in [-0.3, -0.25) is 4.98 Å². The third kappa shape index (κ3) is 2.56. The molecule has 3 rings (SSSR count). The molecule has 0 unspecified atom stereocenters. The van der Waals surface area contributed by atoms with Crippen LogP contribution in [0.5, 0.6) is 5.75 Å². The van der Waals surface area contributed by atoms with E-state index in [1.54, 1.807) is 7.11 Å². The Morgan fingerprint density at radius 1 is 1.27 bits per heavy atom. The van der Waals surface area contributed by atoms with Crippen molar-refractivity contribution in [2.75, 3.05) is 45.2 Å². The van der Waals surface area contributed by atoms with E-state index >= 15 is 0 Å². The van der Waals surface area contributed by atoms with Gasteiger partial charge in [0.05, 0.1) is 28.9 Å². The summed E-state index contributed by atoms with van der Waals surface area (Å²) < 4.78 is 5.54. The summed E-state index contributed by atoms with van der Waals surface area (Å²) in [5.74, 6) is 0.760. The minimum Gasteiger partial charge on any atom is -0.495 e. The highest BCUT2D eigenvalue weighted by atomic mass is 35.5. The summed E-state index contributed by atoms with van der Waals surface area (Å²) in [6.45, 7) is 3.93. The monoisotopic (exact) mass is 316 g/mol. The van der Waals surface area contributed by atoms with E-state index < -0.39 is 0 Å². The number of fused-ring (bicyclic) bond motifs is 1. The maximum atomic E-state index is 9.07. The molecule has 0 aliphatic carbocycles. The first-order chi connectivity index (χ1) is 10.6. The van der Waals surface area contributed by atoms with Gasteiger partial charge in [0.1, 0.15) is 11.8 Å². The van der Waals surface area contributed by atoms with E-state index in [4.69, 9.17) is 21.6 Å². The van der Waals surface area contributed by atoms with Gasteiger partial charge in [0, 0.05) is 37.8 Å². The fourth-order valence-electron chi connectivity index (χ4n) is 2.71. The van der Waals surface area contributed by atoms with E-state index in [0.717, 1.165) is 48.5 Å². The van der Waals surface area contributed by atoms with Crippen LogP contribution in [0.15, 0.2) is 18.3 Å². The van der Waals surface area contributed by atoms with Crippen LogP contribution in [0, 0.1) is 11.3 Å². The smallest absolute Gasteiger partial charge is 0.142 e. The summed E-state index contributed by atoms with van der Waals surface area (Å²) in [6.07, 6.45) is 1.52. The minimum atomic E-state index is 0.378. The molecule has 5 nitrogen and oxygen atoms in total. The van der Waals surface area contributed by atoms with Gasteiger partial charge in [0.15, 0.2) is 0 Å². The lowest BCUT2D eigenvalue weighted by molar-refractivity contribution is 0.311. The number of rotatable bonds is 2. The first-order valence-electron chi connectivity index (χ1n) is 7.14. The van der Waals surface area contributed by atoms with Gasteiger partial charge >= 0.3 is 0 Å². The van der Waals surface area contributed by atoms with Crippen LogP contribution in [0.4, 0.5) is 5.69 Å². The Bertz CT molecular complexity index is 748. The van der Waals surface area contributed by atoms with Crippen LogP contribution >= 0.6 is 11.6 Å². The molecule has 22 heavy (non-hydrogen) atoms. The van der Waals surface area contributed by atoms with Gasteiger partial charge in [-0.1, -0.05) is 11.6 Å². The van der Waals surface area contributed by atoms with Crippen LogP contribution in [0.3, 0.4) is 0 Å². The van der Waals surface area contributed by atoms with Gasteiger partial charge in [-0.05, 0) is 19.2 Å². The van der Waals surface area contributed by atoms with E-state index in [2.05, 4.69) is 27.9 Å². The fourth-order valence-corrected chi connectivity index (χ4v) is 2.95. The number of ether oxygens (including phenoxy) is 1. The Morgan fingerprint density at radius 2 is 2.00 bits per heavy atom. The van der Waals surface area contributed by atoms with Gasteiger partial charge in [0.2, 0.25) is 0 Å². The van der Waals surface area contributed by atoms with Gasteiger partial charge in [-0.2, -0.15) is 5.26 Å². The molecule has 0 N–H and O–H groups in total. The zero-order valence-electron chi connectivity index (χ0n) is 12.6. The topological polar surface area (TPSA) is 52.4 Å². The van der Waals surface area contributed by atoms with Crippen LogP contribution in [-0.4, -0.2) is 50.2 Å². The molecular formula is C16H17ClN4O. The second-order valence-electron chi connectivity index (χ2n) is 5.43. The Kier molecular flexibility index (Phi) is 4.06. The number of halogens is 1. The molecule has 6 heteroatoms. The highest BCUT2D eigenvalue weighted by Gasteiger charge is 2.19. The number of anilines is 1. The average molecular weight is 317 g/mol. The van der Waals surface area contributed by atoms with Crippen molar-refractivity contribution in [2.45, 2.75) is 0 Å². The third-order valence-corrected chi connectivity index (χ3v) is 4.47. The number of nitrogens with zero attached hydrogens (tertiary/aromatic N) is 4. The normalized spacial score (nSPS) is 15.8. The predicted octanol–water partition coefficient (Wildman–Crippen LogP) is 2.52. The summed E-state index contributed by atoms with van der Waals surface area (Å²) >= 11 is 6.29. The van der Waals surface area contributed by atoms with E-state index in [1.807, 2.05) is 12.1 Å². The molecule has 1 fully saturated rings. The Balaban J connectivity index is 2.10. The fraction of sp³-hybridized carbons (Fsp3) is 0.375. The van der Waals surface area contributed by atoms with Crippen molar-refractivity contribution in [3.63, 3.8) is 0 Å². The predicted molar refractivity (Wildman–Crippen MR) is 87.7 cm³/mol. The number of aromatic nitrogens is 1. The molecule has 1 aromatic heterocycles. The highest BCUT2D eigenvalue weighted by Crippen LogP contribution is 2.36. The number of hydrogen-bond donors (Lipinski definition) is 0. The van der Waals surface area contributed by atoms with Crippen molar-refractivity contribution in [1.29, 1.82) is 5.26 Å². The lowest BCUT2D eigenvalue weighted by Gasteiger charge is -2.34. The Morgan fingerprint density at radius 3 is 2.64 bits per heavy atom. The second-order valence-corrected chi connectivity index (χ2v) is 5.81. The molecule has 0 radical (unpaired) electrons. The van der Waals surface area contributed by atoms with Crippen LogP contribution < -0.4 is 9.64 Å². The number of hydrogen-bond acceptors (Lipinski definition) is 5. The summed E-state index contributed by atoms with van der Waals surface area (Å²) in [5.41, 5.74) is 2.18. The number of methoxy groups -OCH3 is 1. The molecule has 0 saturated carbocycles. The summed E-state index contributed by atoms with van der Waals surface area (Å²) in [5, 5.41) is 10.2. The highest BCUT2D eigenvalue weighted by molar-refractivity contribution is 6.36. The number of pyridine rings is 1. The first kappa shape index (κ1) is 14.9. The molecule has 0 amide bonds. The van der Waals surface area contributed by atoms with Crippen LogP contribution in [0.2, 0.25) is 5.02 Å². The Labute approximate surface area is 134 Å². The van der Waals surface area contributed by atoms with Gasteiger partial charge in [-0.15, -0.1) is 0 Å². The minimum absolute atomic E-state index is 0.378. The summed E-state index contributed by atoms with van der Waals surface area (Å²) in [6, 6.07) is 5.92. The maximum absolute atomic E-state index is 9.07. The number of piperazine rings is 1. The molecule has 0 spiro atoms. The summed E-state index contributed by atoms with van der Waals surface area (Å²) in [4.78, 5) is 8.96. The van der Waals surface area contributed by atoms with Crippen molar-refractivity contribution in [3.8, 4) is 11.8 Å². The van der Waals surface area contributed by atoms with Crippen molar-refractivity contribution in [3.05, 3.63) is 28.9 Å². The second kappa shape index (κ2) is 5.99. The lowest BCUT2D eigenvalue weighted by atomic mass is 10.1. The van der Waals surface area contributed by atoms with Crippen molar-refractivity contribution >= 4 is 28.2 Å². The number of nitriles is 1. The van der Waals surface area contributed by atoms with Gasteiger partial charge in [-0.25, -0.2) is 0 Å². The molecule has 1 saturated heterocycles. The average Bonchev–Trinajstić information content (AvgIpc) is 2.55. The quantitative estimate of drug-likeness (QED) is 0.852. The van der Waals surface area contributed by atoms with E-state index in [-0.39, 0.29) is 0 Å². The molecular weight excluding hydrogens is 300 g/mol. The summed E-state index contributed by atoms with van der Waals surface area (Å²) in [7, 11) is 3.77. The van der Waals surface area contributed by atoms with E-state index in [9.17, 15) is 0 Å². The molecule has 0 atom stereocenters. The Hall–Kier alpha value is -2.03. The zero-order chi connectivity index (χ0) is 15.7. The van der Waals surface area contributed by atoms with Gasteiger partial charge in [0.25, 0.3) is 0 Å². The zero-order valence-corrected chi connectivity index (χ0v) is 13.4. The third-order valence-electron chi connectivity index (χ3n) is 4.07. The lowest BCUT2D eigenvalue weighted by Crippen LogP contribution is -2.44. The van der Waals surface area contributed by atoms with E-state index in [0.29, 0.717) is 10.6 Å². The standard InChI is InChI=1S/C16H17ClN4O/c1-20-3-5-21(6-4-20)14-8-13-12(7-15(14)22-2)16(17)11(9-18)10-19-13/h7-8,10H,3-6H2,1-2H3. The SMILES string of the molecule is COc1cc2c(Cl)c(C#N)cnc2cc1N1CCN(C)CC1. The van der Waals surface area contributed by atoms with E-state index in [1.165, 1.54) is 6.20 Å². The molecule has 1 aliphatic heterocycles. The molecule has 0 bridgehead atoms. The molecule has 114 valence electrons. The largest absolute Gasteiger partial charge is 0.495 e. The molecule has 2 aromatic rings. The van der Waals surface area contributed by atoms with Crippen LogP contribution in [0.25, 0.3) is 10.9 Å². The number of benzene rings is 1. The van der Waals surface area contributed by atoms with Crippen molar-refractivity contribution < 1.29 is 4.74 Å². The molecule has 2 heterocycles.